The summed E-state index contributed by atoms with van der Waals surface area (Å²) in [5.74, 6) is -1.41. The number of aliphatic carboxylic acids is 1. The van der Waals surface area contributed by atoms with Gasteiger partial charge in [-0.15, -0.1) is 0 Å². The van der Waals surface area contributed by atoms with Gasteiger partial charge in [0.1, 0.15) is 0 Å². The molecule has 0 aromatic carbocycles. The molecule has 1 N–H and O–H groups in total. The molecule has 0 rings (SSSR count). The molecule has 0 bridgehead atoms. The number of carboxylic acid groups (broad SMARTS) is 1. The Balaban J connectivity index is 3.42. The van der Waals surface area contributed by atoms with Gasteiger partial charge in [-0.25, -0.2) is 0 Å². The third-order valence-electron chi connectivity index (χ3n) is 2.20. The molecular formula is C11H20O4. The van der Waals surface area contributed by atoms with Gasteiger partial charge in [0.2, 0.25) is 0 Å². The van der Waals surface area contributed by atoms with E-state index in [0.29, 0.717) is 25.9 Å². The fourth-order valence-corrected chi connectivity index (χ4v) is 1.08. The number of esters is 1. The van der Waals surface area contributed by atoms with E-state index in [-0.39, 0.29) is 11.9 Å². The lowest BCUT2D eigenvalue weighted by molar-refractivity contribution is -0.145. The highest BCUT2D eigenvalue weighted by Crippen LogP contribution is 2.08. The van der Waals surface area contributed by atoms with Crippen molar-refractivity contribution >= 4 is 11.9 Å². The Labute approximate surface area is 90.6 Å². The van der Waals surface area contributed by atoms with Crippen LogP contribution in [-0.4, -0.2) is 23.7 Å². The number of hydrogen-bond acceptors (Lipinski definition) is 3. The van der Waals surface area contributed by atoms with E-state index in [9.17, 15) is 9.59 Å². The number of carbonyl (C=O) groups is 2. The van der Waals surface area contributed by atoms with Crippen molar-refractivity contribution in [1.82, 2.24) is 0 Å². The summed E-state index contributed by atoms with van der Waals surface area (Å²) in [7, 11) is 0. The Morgan fingerprint density at radius 1 is 1.33 bits per heavy atom. The molecule has 0 aliphatic rings. The van der Waals surface area contributed by atoms with Crippen LogP contribution in [0.5, 0.6) is 0 Å². The molecule has 1 atom stereocenters. The van der Waals surface area contributed by atoms with E-state index in [1.165, 1.54) is 0 Å². The van der Waals surface area contributed by atoms with Gasteiger partial charge >= 0.3 is 11.9 Å². The lowest BCUT2D eigenvalue weighted by Crippen LogP contribution is -2.11. The molecule has 0 heterocycles. The molecule has 1 unspecified atom stereocenters. The van der Waals surface area contributed by atoms with Crippen LogP contribution < -0.4 is 0 Å². The Morgan fingerprint density at radius 3 is 2.53 bits per heavy atom. The first-order valence-corrected chi connectivity index (χ1v) is 5.46. The molecule has 0 amide bonds. The topological polar surface area (TPSA) is 63.6 Å². The van der Waals surface area contributed by atoms with Gasteiger partial charge in [-0.3, -0.25) is 9.59 Å². The van der Waals surface area contributed by atoms with Gasteiger partial charge in [-0.2, -0.15) is 0 Å². The number of carbonyl (C=O) groups excluding carboxylic acids is 1. The highest BCUT2D eigenvalue weighted by molar-refractivity contribution is 5.70. The van der Waals surface area contributed by atoms with Crippen LogP contribution in [-0.2, 0) is 14.3 Å². The number of carboxylic acids is 1. The maximum Gasteiger partial charge on any atom is 0.306 e. The van der Waals surface area contributed by atoms with Crippen LogP contribution >= 0.6 is 0 Å². The van der Waals surface area contributed by atoms with Gasteiger partial charge in [0, 0.05) is 6.42 Å². The second-order valence-corrected chi connectivity index (χ2v) is 3.71. The maximum atomic E-state index is 11.1. The largest absolute Gasteiger partial charge is 0.481 e. The molecule has 0 aliphatic heterocycles. The molecule has 0 aliphatic carbocycles. The normalized spacial score (nSPS) is 12.1. The van der Waals surface area contributed by atoms with Crippen molar-refractivity contribution in [1.29, 1.82) is 0 Å². The molecule has 0 aromatic rings. The Kier molecular flexibility index (Phi) is 7.68. The van der Waals surface area contributed by atoms with Gasteiger partial charge in [0.15, 0.2) is 0 Å². The van der Waals surface area contributed by atoms with Crippen LogP contribution in [0, 0.1) is 5.92 Å². The van der Waals surface area contributed by atoms with Crippen molar-refractivity contribution in [2.45, 2.75) is 46.0 Å². The van der Waals surface area contributed by atoms with Gasteiger partial charge < -0.3 is 9.84 Å². The molecule has 4 heteroatoms. The minimum Gasteiger partial charge on any atom is -0.481 e. The summed E-state index contributed by atoms with van der Waals surface area (Å²) < 4.78 is 4.94. The first-order valence-electron chi connectivity index (χ1n) is 5.46. The minimum absolute atomic E-state index is 0.221. The van der Waals surface area contributed by atoms with E-state index in [1.54, 1.807) is 6.92 Å². The van der Waals surface area contributed by atoms with Crippen LogP contribution in [0.2, 0.25) is 0 Å². The summed E-state index contributed by atoms with van der Waals surface area (Å²) in [5.41, 5.74) is 0. The summed E-state index contributed by atoms with van der Waals surface area (Å²) in [5, 5.41) is 8.60. The molecule has 0 saturated carbocycles. The number of hydrogen-bond donors (Lipinski definition) is 1. The molecular weight excluding hydrogens is 196 g/mol. The molecule has 88 valence electrons. The van der Waals surface area contributed by atoms with Crippen LogP contribution in [0.25, 0.3) is 0 Å². The number of unbranched alkanes of at least 4 members (excludes halogenated alkanes) is 1. The monoisotopic (exact) mass is 216 g/mol. The van der Waals surface area contributed by atoms with Crippen molar-refractivity contribution in [2.75, 3.05) is 6.61 Å². The molecule has 0 aromatic heterocycles. The Bertz CT molecular complexity index is 201. The second kappa shape index (κ2) is 8.26. The average molecular weight is 216 g/mol. The first kappa shape index (κ1) is 13.9. The Morgan fingerprint density at radius 2 is 2.00 bits per heavy atom. The second-order valence-electron chi connectivity index (χ2n) is 3.71. The van der Waals surface area contributed by atoms with E-state index in [1.807, 2.05) is 6.92 Å². The molecule has 0 saturated heterocycles. The van der Waals surface area contributed by atoms with E-state index < -0.39 is 5.97 Å². The lowest BCUT2D eigenvalue weighted by atomic mass is 10.0. The zero-order valence-electron chi connectivity index (χ0n) is 9.49. The van der Waals surface area contributed by atoms with Crippen LogP contribution in [0.3, 0.4) is 0 Å². The SMILES string of the molecule is CCCCOC(=O)CCCC(C)C(=O)O. The van der Waals surface area contributed by atoms with E-state index >= 15 is 0 Å². The minimum atomic E-state index is -0.811. The summed E-state index contributed by atoms with van der Waals surface area (Å²) in [6, 6.07) is 0. The summed E-state index contributed by atoms with van der Waals surface area (Å²) in [6.07, 6.45) is 3.32. The first-order chi connectivity index (χ1) is 7.07. The zero-order chi connectivity index (χ0) is 11.7. The predicted octanol–water partition coefficient (Wildman–Crippen LogP) is 2.22. The van der Waals surface area contributed by atoms with Crippen LogP contribution in [0.1, 0.15) is 46.0 Å². The van der Waals surface area contributed by atoms with Gasteiger partial charge in [0.25, 0.3) is 0 Å². The van der Waals surface area contributed by atoms with E-state index in [0.717, 1.165) is 12.8 Å². The van der Waals surface area contributed by atoms with Gasteiger partial charge in [0.05, 0.1) is 12.5 Å². The summed E-state index contributed by atoms with van der Waals surface area (Å²) in [4.78, 5) is 21.6. The average Bonchev–Trinajstić information content (AvgIpc) is 2.18. The fourth-order valence-electron chi connectivity index (χ4n) is 1.08. The van der Waals surface area contributed by atoms with E-state index in [2.05, 4.69) is 0 Å². The van der Waals surface area contributed by atoms with Gasteiger partial charge in [-0.1, -0.05) is 20.3 Å². The smallest absolute Gasteiger partial charge is 0.306 e. The van der Waals surface area contributed by atoms with Crippen LogP contribution in [0.15, 0.2) is 0 Å². The molecule has 0 radical (unpaired) electrons. The highest BCUT2D eigenvalue weighted by Gasteiger charge is 2.11. The van der Waals surface area contributed by atoms with E-state index in [4.69, 9.17) is 9.84 Å². The molecule has 0 spiro atoms. The van der Waals surface area contributed by atoms with Crippen molar-refractivity contribution < 1.29 is 19.4 Å². The van der Waals surface area contributed by atoms with Crippen LogP contribution in [0.4, 0.5) is 0 Å². The number of ether oxygens (including phenoxy) is 1. The fraction of sp³-hybridized carbons (Fsp3) is 0.818. The Hall–Kier alpha value is -1.06. The third kappa shape index (κ3) is 7.97. The summed E-state index contributed by atoms with van der Waals surface area (Å²) >= 11 is 0. The van der Waals surface area contributed by atoms with Gasteiger partial charge in [-0.05, 0) is 19.3 Å². The maximum absolute atomic E-state index is 11.1. The third-order valence-corrected chi connectivity index (χ3v) is 2.20. The highest BCUT2D eigenvalue weighted by atomic mass is 16.5. The molecule has 0 fully saturated rings. The predicted molar refractivity (Wildman–Crippen MR) is 56.5 cm³/mol. The zero-order valence-corrected chi connectivity index (χ0v) is 9.49. The summed E-state index contributed by atoms with van der Waals surface area (Å²) in [6.45, 7) is 4.15. The molecule has 15 heavy (non-hydrogen) atoms. The van der Waals surface area contributed by atoms with Crippen molar-refractivity contribution in [3.8, 4) is 0 Å². The quantitative estimate of drug-likeness (QED) is 0.499. The van der Waals surface area contributed by atoms with Crippen molar-refractivity contribution in [3.05, 3.63) is 0 Å². The molecule has 4 nitrogen and oxygen atoms in total. The van der Waals surface area contributed by atoms with Crippen molar-refractivity contribution in [3.63, 3.8) is 0 Å². The lowest BCUT2D eigenvalue weighted by Gasteiger charge is -2.06. The standard InChI is InChI=1S/C11H20O4/c1-3-4-8-15-10(12)7-5-6-9(2)11(13)14/h9H,3-8H2,1-2H3,(H,13,14). The van der Waals surface area contributed by atoms with Crippen molar-refractivity contribution in [2.24, 2.45) is 5.92 Å². The number of rotatable bonds is 8.